The van der Waals surface area contributed by atoms with Crippen molar-refractivity contribution in [1.82, 2.24) is 16.2 Å². The molecule has 3 aromatic carbocycles. The number of rotatable bonds is 4. The van der Waals surface area contributed by atoms with Gasteiger partial charge in [-0.2, -0.15) is 0 Å². The Kier molecular flexibility index (Phi) is 6.18. The summed E-state index contributed by atoms with van der Waals surface area (Å²) in [6, 6.07) is 20.6. The summed E-state index contributed by atoms with van der Waals surface area (Å²) < 4.78 is 5.49. The third-order valence-corrected chi connectivity index (χ3v) is 4.12. The smallest absolute Gasteiger partial charge is 0.276 e. The minimum Gasteiger partial charge on any atom is -0.484 e. The second kappa shape index (κ2) is 8.96. The molecule has 0 aliphatic carbocycles. The minimum atomic E-state index is -0.430. The lowest BCUT2D eigenvalue weighted by atomic mass is 10.1. The highest BCUT2D eigenvalue weighted by Crippen LogP contribution is 2.20. The molecule has 0 bridgehead atoms. The molecular weight excluding hydrogens is 374 g/mol. The van der Waals surface area contributed by atoms with Crippen LogP contribution in [-0.2, 0) is 4.79 Å². The number of hydrazine groups is 1. The van der Waals surface area contributed by atoms with Crippen LogP contribution in [0.15, 0.2) is 66.7 Å². The third kappa shape index (κ3) is 5.28. The standard InChI is InChI=1S/C21H19N3O3S/c1-14-5-4-8-17(11-14)20(26)22-21(28)24-23-19(25)13-27-18-10-9-15-6-2-3-7-16(15)12-18/h2-12H,13H2,1H3,(H,23,25)(H2,22,24,26,28). The first-order valence-electron chi connectivity index (χ1n) is 8.60. The van der Waals surface area contributed by atoms with Crippen LogP contribution < -0.4 is 20.9 Å². The number of carbonyl (C=O) groups excluding carboxylic acids is 2. The van der Waals surface area contributed by atoms with E-state index < -0.39 is 5.91 Å². The number of carbonyl (C=O) groups is 2. The highest BCUT2D eigenvalue weighted by molar-refractivity contribution is 7.80. The lowest BCUT2D eigenvalue weighted by Gasteiger charge is -2.12. The van der Waals surface area contributed by atoms with Crippen molar-refractivity contribution < 1.29 is 14.3 Å². The van der Waals surface area contributed by atoms with Crippen LogP contribution in [0.1, 0.15) is 15.9 Å². The summed E-state index contributed by atoms with van der Waals surface area (Å²) in [5.41, 5.74) is 6.32. The van der Waals surface area contributed by atoms with Gasteiger partial charge in [0.15, 0.2) is 11.7 Å². The summed E-state index contributed by atoms with van der Waals surface area (Å²) in [6.45, 7) is 1.70. The monoisotopic (exact) mass is 393 g/mol. The Labute approximate surface area is 167 Å². The van der Waals surface area contributed by atoms with Crippen LogP contribution in [0.2, 0.25) is 0 Å². The quantitative estimate of drug-likeness (QED) is 0.469. The maximum absolute atomic E-state index is 12.1. The van der Waals surface area contributed by atoms with Crippen molar-refractivity contribution in [2.45, 2.75) is 6.92 Å². The molecule has 0 unspecified atom stereocenters. The summed E-state index contributed by atoms with van der Waals surface area (Å²) in [6.07, 6.45) is 0. The molecule has 0 aromatic heterocycles. The summed E-state index contributed by atoms with van der Waals surface area (Å²) in [5.74, 6) is -0.202. The lowest BCUT2D eigenvalue weighted by molar-refractivity contribution is -0.123. The molecule has 3 N–H and O–H groups in total. The maximum Gasteiger partial charge on any atom is 0.276 e. The van der Waals surface area contributed by atoms with E-state index in [1.165, 1.54) is 0 Å². The molecule has 0 saturated carbocycles. The van der Waals surface area contributed by atoms with Gasteiger partial charge < -0.3 is 4.74 Å². The predicted molar refractivity (Wildman–Crippen MR) is 112 cm³/mol. The van der Waals surface area contributed by atoms with Crippen LogP contribution in [-0.4, -0.2) is 23.5 Å². The highest BCUT2D eigenvalue weighted by Gasteiger charge is 2.09. The summed E-state index contributed by atoms with van der Waals surface area (Å²) in [5, 5.41) is 4.61. The van der Waals surface area contributed by atoms with E-state index in [0.717, 1.165) is 16.3 Å². The van der Waals surface area contributed by atoms with E-state index in [9.17, 15) is 9.59 Å². The number of thiocarbonyl (C=S) groups is 1. The number of benzene rings is 3. The molecule has 0 heterocycles. The Bertz CT molecular complexity index is 1040. The van der Waals surface area contributed by atoms with E-state index in [1.807, 2.05) is 49.4 Å². The molecular formula is C21H19N3O3S. The van der Waals surface area contributed by atoms with Gasteiger partial charge in [-0.05, 0) is 54.2 Å². The molecule has 0 aliphatic rings. The van der Waals surface area contributed by atoms with Gasteiger partial charge in [0.25, 0.3) is 11.8 Å². The van der Waals surface area contributed by atoms with E-state index in [-0.39, 0.29) is 17.6 Å². The molecule has 2 amide bonds. The van der Waals surface area contributed by atoms with Crippen LogP contribution in [0.3, 0.4) is 0 Å². The van der Waals surface area contributed by atoms with E-state index in [0.29, 0.717) is 11.3 Å². The summed E-state index contributed by atoms with van der Waals surface area (Å²) in [4.78, 5) is 24.0. The van der Waals surface area contributed by atoms with E-state index in [2.05, 4.69) is 16.2 Å². The fourth-order valence-corrected chi connectivity index (χ4v) is 2.71. The van der Waals surface area contributed by atoms with Crippen molar-refractivity contribution in [3.05, 3.63) is 77.9 Å². The van der Waals surface area contributed by atoms with Crippen molar-refractivity contribution in [3.63, 3.8) is 0 Å². The van der Waals surface area contributed by atoms with Crippen LogP contribution in [0.25, 0.3) is 10.8 Å². The van der Waals surface area contributed by atoms with Gasteiger partial charge in [0.1, 0.15) is 5.75 Å². The molecule has 28 heavy (non-hydrogen) atoms. The van der Waals surface area contributed by atoms with E-state index in [4.69, 9.17) is 17.0 Å². The molecule has 0 fully saturated rings. The van der Waals surface area contributed by atoms with Gasteiger partial charge in [-0.15, -0.1) is 0 Å². The molecule has 6 nitrogen and oxygen atoms in total. The van der Waals surface area contributed by atoms with Gasteiger partial charge in [-0.25, -0.2) is 0 Å². The summed E-state index contributed by atoms with van der Waals surface area (Å²) in [7, 11) is 0. The second-order valence-corrected chi connectivity index (χ2v) is 6.53. The highest BCUT2D eigenvalue weighted by atomic mass is 32.1. The minimum absolute atomic E-state index is 0.00874. The van der Waals surface area contributed by atoms with E-state index >= 15 is 0 Å². The van der Waals surface area contributed by atoms with Crippen molar-refractivity contribution in [1.29, 1.82) is 0 Å². The number of ether oxygens (including phenoxy) is 1. The molecule has 3 aromatic rings. The normalized spacial score (nSPS) is 10.2. The van der Waals surface area contributed by atoms with E-state index in [1.54, 1.807) is 24.3 Å². The van der Waals surface area contributed by atoms with Gasteiger partial charge in [-0.1, -0.05) is 48.0 Å². The molecule has 0 radical (unpaired) electrons. The zero-order chi connectivity index (χ0) is 19.9. The van der Waals surface area contributed by atoms with Crippen molar-refractivity contribution in [3.8, 4) is 5.75 Å². The van der Waals surface area contributed by atoms with Gasteiger partial charge in [0.2, 0.25) is 0 Å². The predicted octanol–water partition coefficient (Wildman–Crippen LogP) is 2.86. The van der Waals surface area contributed by atoms with Crippen molar-refractivity contribution >= 4 is 39.9 Å². The fraction of sp³-hybridized carbons (Fsp3) is 0.0952. The van der Waals surface area contributed by atoms with Crippen LogP contribution in [0.5, 0.6) is 5.75 Å². The largest absolute Gasteiger partial charge is 0.484 e. The zero-order valence-electron chi connectivity index (χ0n) is 15.2. The lowest BCUT2D eigenvalue weighted by Crippen LogP contribution is -2.49. The van der Waals surface area contributed by atoms with Crippen molar-refractivity contribution in [2.24, 2.45) is 0 Å². The molecule has 0 aliphatic heterocycles. The number of amides is 2. The molecule has 0 atom stereocenters. The topological polar surface area (TPSA) is 79.5 Å². The van der Waals surface area contributed by atoms with Gasteiger partial charge in [0.05, 0.1) is 0 Å². The third-order valence-electron chi connectivity index (χ3n) is 3.91. The Morgan fingerprint density at radius 3 is 2.50 bits per heavy atom. The average Bonchev–Trinajstić information content (AvgIpc) is 2.70. The number of hydrogen-bond acceptors (Lipinski definition) is 4. The number of nitrogens with one attached hydrogen (secondary N) is 3. The Morgan fingerprint density at radius 2 is 1.71 bits per heavy atom. The van der Waals surface area contributed by atoms with Gasteiger partial charge >= 0.3 is 0 Å². The second-order valence-electron chi connectivity index (χ2n) is 6.12. The Morgan fingerprint density at radius 1 is 0.929 bits per heavy atom. The zero-order valence-corrected chi connectivity index (χ0v) is 16.0. The molecule has 0 saturated heterocycles. The van der Waals surface area contributed by atoms with Gasteiger partial charge in [-0.3, -0.25) is 25.8 Å². The molecule has 0 spiro atoms. The Balaban J connectivity index is 1.44. The average molecular weight is 393 g/mol. The van der Waals surface area contributed by atoms with Gasteiger partial charge in [0, 0.05) is 5.56 Å². The first-order valence-corrected chi connectivity index (χ1v) is 9.00. The summed E-state index contributed by atoms with van der Waals surface area (Å²) >= 11 is 5.01. The first kappa shape index (κ1) is 19.3. The number of fused-ring (bicyclic) bond motifs is 1. The number of hydrogen-bond donors (Lipinski definition) is 3. The number of aryl methyl sites for hydroxylation is 1. The van der Waals surface area contributed by atoms with Crippen LogP contribution in [0, 0.1) is 6.92 Å². The molecule has 142 valence electrons. The SMILES string of the molecule is Cc1cccc(C(=O)NC(=S)NNC(=O)COc2ccc3ccccc3c2)c1. The van der Waals surface area contributed by atoms with Crippen LogP contribution in [0.4, 0.5) is 0 Å². The van der Waals surface area contributed by atoms with Crippen LogP contribution >= 0.6 is 12.2 Å². The molecule has 3 rings (SSSR count). The first-order chi connectivity index (χ1) is 13.5. The molecule has 7 heteroatoms. The maximum atomic E-state index is 12.1. The fourth-order valence-electron chi connectivity index (χ4n) is 2.56. The Hall–Kier alpha value is -3.45. The van der Waals surface area contributed by atoms with Crippen molar-refractivity contribution in [2.75, 3.05) is 6.61 Å².